The van der Waals surface area contributed by atoms with Crippen LogP contribution in [-0.2, 0) is 0 Å². The number of rotatable bonds is 4. The molecule has 284 valence electrons. The lowest BCUT2D eigenvalue weighted by molar-refractivity contribution is 1.13. The van der Waals surface area contributed by atoms with Crippen LogP contribution in [0.5, 0.6) is 0 Å². The molecule has 0 saturated heterocycles. The van der Waals surface area contributed by atoms with E-state index in [0.717, 1.165) is 99.9 Å². The Bertz CT molecular complexity index is 3680. The molecule has 6 heteroatoms. The number of benzene rings is 9. The summed E-state index contributed by atoms with van der Waals surface area (Å²) in [6, 6.07) is 73.9. The van der Waals surface area contributed by atoms with Gasteiger partial charge in [0, 0.05) is 49.8 Å². The van der Waals surface area contributed by atoms with E-state index in [1.807, 2.05) is 12.1 Å². The molecule has 0 atom stereocenters. The average Bonchev–Trinajstić information content (AvgIpc) is 3.85. The Labute approximate surface area is 357 Å². The molecule has 0 unspecified atom stereocenters. The van der Waals surface area contributed by atoms with Crippen LogP contribution in [0, 0.1) is 22.7 Å². The molecule has 0 fully saturated rings. The van der Waals surface area contributed by atoms with Crippen LogP contribution in [0.15, 0.2) is 194 Å². The van der Waals surface area contributed by atoms with Crippen LogP contribution >= 0.6 is 0 Å². The van der Waals surface area contributed by atoms with E-state index in [9.17, 15) is 10.5 Å². The first kappa shape index (κ1) is 34.3. The minimum absolute atomic E-state index is 0.238. The van der Waals surface area contributed by atoms with Gasteiger partial charge >= 0.3 is 0 Å². The van der Waals surface area contributed by atoms with Crippen molar-refractivity contribution < 1.29 is 0 Å². The maximum absolute atomic E-state index is 10.5. The summed E-state index contributed by atoms with van der Waals surface area (Å²) in [5.74, 6) is 0. The summed E-state index contributed by atoms with van der Waals surface area (Å²) in [6.45, 7) is -0.238. The molecule has 0 radical (unpaired) electrons. The maximum Gasteiger partial charge on any atom is 0.252 e. The smallest absolute Gasteiger partial charge is 0.252 e. The number of hydrogen-bond donors (Lipinski definition) is 0. The molecule has 9 aromatic carbocycles. The Hall–Kier alpha value is -8.58. The largest absolute Gasteiger partial charge is 0.311 e. The van der Waals surface area contributed by atoms with E-state index < -0.39 is 0 Å². The predicted octanol–water partition coefficient (Wildman–Crippen LogP) is 11.6. The lowest BCUT2D eigenvalue weighted by Gasteiger charge is -2.40. The minimum Gasteiger partial charge on any atom is -0.311 e. The Balaban J connectivity index is 1.21. The molecular formula is C56H32BN5. The molecule has 0 amide bonds. The third kappa shape index (κ3) is 4.78. The normalized spacial score (nSPS) is 12.4. The second kappa shape index (κ2) is 13.0. The molecule has 2 aliphatic heterocycles. The zero-order chi connectivity index (χ0) is 41.1. The summed E-state index contributed by atoms with van der Waals surface area (Å²) in [4.78, 5) is 2.37. The van der Waals surface area contributed by atoms with Crippen molar-refractivity contribution in [2.75, 3.05) is 4.90 Å². The lowest BCUT2D eigenvalue weighted by Crippen LogP contribution is -2.60. The monoisotopic (exact) mass is 785 g/mol. The van der Waals surface area contributed by atoms with Crippen molar-refractivity contribution in [3.05, 3.63) is 205 Å². The van der Waals surface area contributed by atoms with Crippen LogP contribution in [-0.4, -0.2) is 15.8 Å². The highest BCUT2D eigenvalue weighted by Gasteiger charge is 2.43. The van der Waals surface area contributed by atoms with Crippen LogP contribution in [0.1, 0.15) is 11.1 Å². The molecule has 0 bridgehead atoms. The number of anilines is 3. The summed E-state index contributed by atoms with van der Waals surface area (Å²) < 4.78 is 4.89. The summed E-state index contributed by atoms with van der Waals surface area (Å²) >= 11 is 0. The average molecular weight is 786 g/mol. The molecule has 5 nitrogen and oxygen atoms in total. The first-order valence-electron chi connectivity index (χ1n) is 20.9. The van der Waals surface area contributed by atoms with Gasteiger partial charge in [0.25, 0.3) is 6.71 Å². The van der Waals surface area contributed by atoms with Gasteiger partial charge in [0.15, 0.2) is 0 Å². The van der Waals surface area contributed by atoms with E-state index in [-0.39, 0.29) is 6.71 Å². The number of nitriles is 2. The number of para-hydroxylation sites is 2. The summed E-state index contributed by atoms with van der Waals surface area (Å²) in [5.41, 5.74) is 18.7. The van der Waals surface area contributed by atoms with Crippen molar-refractivity contribution >= 4 is 83.8 Å². The number of fused-ring (bicyclic) bond motifs is 10. The molecule has 11 aromatic rings. The van der Waals surface area contributed by atoms with E-state index in [1.54, 1.807) is 0 Å². The second-order valence-electron chi connectivity index (χ2n) is 16.3. The Morgan fingerprint density at radius 1 is 0.371 bits per heavy atom. The van der Waals surface area contributed by atoms with Crippen LogP contribution in [0.25, 0.3) is 77.2 Å². The van der Waals surface area contributed by atoms with Gasteiger partial charge in [-0.15, -0.1) is 0 Å². The number of aromatic nitrogens is 2. The predicted molar refractivity (Wildman–Crippen MR) is 255 cm³/mol. The van der Waals surface area contributed by atoms with E-state index in [4.69, 9.17) is 0 Å². The quantitative estimate of drug-likeness (QED) is 0.167. The third-order valence-corrected chi connectivity index (χ3v) is 13.1. The highest BCUT2D eigenvalue weighted by molar-refractivity contribution is 7.00. The van der Waals surface area contributed by atoms with Gasteiger partial charge in [-0.25, -0.2) is 0 Å². The molecule has 0 spiro atoms. The fourth-order valence-electron chi connectivity index (χ4n) is 10.5. The summed E-state index contributed by atoms with van der Waals surface area (Å²) in [6.07, 6.45) is 0. The summed E-state index contributed by atoms with van der Waals surface area (Å²) in [5, 5.41) is 25.3. The maximum atomic E-state index is 10.5. The molecule has 4 heterocycles. The van der Waals surface area contributed by atoms with Gasteiger partial charge in [0.05, 0.1) is 45.5 Å². The second-order valence-corrected chi connectivity index (χ2v) is 16.3. The minimum atomic E-state index is -0.238. The molecule has 0 saturated carbocycles. The van der Waals surface area contributed by atoms with Gasteiger partial charge in [-0.2, -0.15) is 10.5 Å². The SMILES string of the molecule is N#Cc1ccc2c(c1)B1c3c(cc(-n4c5cc(-c6ccccc6)ccc5c5ccc(-c6ccccc6)cc54)cc3-n3c4ccccc4c4cc(C#N)cc1c43)N2c1ccccc1. The van der Waals surface area contributed by atoms with Gasteiger partial charge in [0.1, 0.15) is 0 Å². The standard InChI is InChI=1S/C56H32BN5/c58-33-35-20-25-50-47(27-35)57-48-28-36(34-59)26-46-43-18-10-11-19-49(43)62(56(46)48)54-32-42(31-53(55(54)57)60(50)41-16-8-3-9-17-41)61-51-29-39(37-12-4-1-5-13-37)21-23-44(51)45-24-22-40(30-52(45)61)38-14-6-2-7-15-38/h1-32H. The molecular weight excluding hydrogens is 753 g/mol. The van der Waals surface area contributed by atoms with E-state index >= 15 is 0 Å². The van der Waals surface area contributed by atoms with Crippen molar-refractivity contribution in [2.24, 2.45) is 0 Å². The third-order valence-electron chi connectivity index (χ3n) is 13.1. The van der Waals surface area contributed by atoms with Crippen molar-refractivity contribution in [3.63, 3.8) is 0 Å². The number of hydrogen-bond acceptors (Lipinski definition) is 3. The molecule has 62 heavy (non-hydrogen) atoms. The topological polar surface area (TPSA) is 60.7 Å². The van der Waals surface area contributed by atoms with E-state index in [1.165, 1.54) is 10.8 Å². The van der Waals surface area contributed by atoms with Crippen LogP contribution < -0.4 is 21.3 Å². The van der Waals surface area contributed by atoms with Crippen LogP contribution in [0.4, 0.5) is 17.1 Å². The van der Waals surface area contributed by atoms with Crippen molar-refractivity contribution in [1.29, 1.82) is 10.5 Å². The van der Waals surface area contributed by atoms with Gasteiger partial charge in [0.2, 0.25) is 0 Å². The molecule has 0 aliphatic carbocycles. The van der Waals surface area contributed by atoms with E-state index in [0.29, 0.717) is 11.1 Å². The Morgan fingerprint density at radius 3 is 1.61 bits per heavy atom. The molecule has 2 aromatic heterocycles. The first-order valence-corrected chi connectivity index (χ1v) is 20.9. The first-order chi connectivity index (χ1) is 30.7. The molecule has 13 rings (SSSR count). The Morgan fingerprint density at radius 2 is 0.952 bits per heavy atom. The van der Waals surface area contributed by atoms with Gasteiger partial charge in [-0.1, -0.05) is 121 Å². The van der Waals surface area contributed by atoms with Crippen molar-refractivity contribution in [3.8, 4) is 45.8 Å². The van der Waals surface area contributed by atoms with Gasteiger partial charge in [-0.3, -0.25) is 0 Å². The fourth-order valence-corrected chi connectivity index (χ4v) is 10.5. The Kier molecular flexibility index (Phi) is 7.17. The lowest BCUT2D eigenvalue weighted by atomic mass is 9.33. The molecule has 0 N–H and O–H groups in total. The zero-order valence-electron chi connectivity index (χ0n) is 33.3. The highest BCUT2D eigenvalue weighted by Crippen LogP contribution is 2.45. The highest BCUT2D eigenvalue weighted by atomic mass is 15.2. The van der Waals surface area contributed by atoms with Crippen molar-refractivity contribution in [1.82, 2.24) is 9.13 Å². The van der Waals surface area contributed by atoms with Crippen molar-refractivity contribution in [2.45, 2.75) is 0 Å². The van der Waals surface area contributed by atoms with Gasteiger partial charge < -0.3 is 14.0 Å². The summed E-state index contributed by atoms with van der Waals surface area (Å²) in [7, 11) is 0. The van der Waals surface area contributed by atoms with Crippen LogP contribution in [0.3, 0.4) is 0 Å². The fraction of sp³-hybridized carbons (Fsp3) is 0. The van der Waals surface area contributed by atoms with Gasteiger partial charge in [-0.05, 0) is 111 Å². The van der Waals surface area contributed by atoms with Crippen LogP contribution in [0.2, 0.25) is 0 Å². The zero-order valence-corrected chi connectivity index (χ0v) is 33.3. The molecule has 2 aliphatic rings. The number of nitrogens with zero attached hydrogens (tertiary/aromatic N) is 5. The van der Waals surface area contributed by atoms with E-state index in [2.05, 4.69) is 208 Å².